The van der Waals surface area contributed by atoms with Crippen LogP contribution in [0.15, 0.2) is 115 Å². The highest BCUT2D eigenvalue weighted by Crippen LogP contribution is 2.46. The third-order valence-corrected chi connectivity index (χ3v) is 9.71. The Bertz CT molecular complexity index is 2690. The lowest BCUT2D eigenvalue weighted by molar-refractivity contribution is 1.19. The summed E-state index contributed by atoms with van der Waals surface area (Å²) in [5, 5.41) is 34.6. The smallest absolute Gasteiger partial charge is 0.196 e. The molecule has 0 aliphatic heterocycles. The molecule has 0 saturated carbocycles. The molecule has 0 aliphatic rings. The summed E-state index contributed by atoms with van der Waals surface area (Å²) < 4.78 is 4.58. The molecule has 2 aromatic heterocycles. The van der Waals surface area contributed by atoms with Gasteiger partial charge in [0.25, 0.3) is 0 Å². The van der Waals surface area contributed by atoms with Gasteiger partial charge in [-0.25, -0.2) is 4.85 Å². The fraction of sp³-hybridized carbons (Fsp3) is 0. The SMILES string of the molecule is [C-]#[N+]c1cccc(C#N)c1-c1cccc2c1c1cccc(-c3c(C#N)cccc3C#N)c1n2-c1ccc2sc3ccccc3c2c1. The lowest BCUT2D eigenvalue weighted by Gasteiger charge is -2.14. The zero-order valence-corrected chi connectivity index (χ0v) is 24.9. The summed E-state index contributed by atoms with van der Waals surface area (Å²) in [6, 6.07) is 44.1. The zero-order valence-electron chi connectivity index (χ0n) is 24.1. The summed E-state index contributed by atoms with van der Waals surface area (Å²) in [6.45, 7) is 7.93. The standard InChI is InChI=1S/C40H19N5S/c1-44-33-15-5-10-26(23-43)38(33)29-12-7-16-34-39(29)31-14-6-13-30(37-24(21-41)8-4-9-25(37)22-42)40(31)45(34)27-18-19-36-32(20-27)28-11-2-3-17-35(28)46-36/h2-20H. The maximum atomic E-state index is 10.2. The number of nitrogens with zero attached hydrogens (tertiary/aromatic N) is 5. The highest BCUT2D eigenvalue weighted by atomic mass is 32.1. The molecule has 8 rings (SSSR count). The maximum Gasteiger partial charge on any atom is 0.196 e. The quantitative estimate of drug-likeness (QED) is 0.189. The molecule has 5 nitrogen and oxygen atoms in total. The fourth-order valence-electron chi connectivity index (χ4n) is 6.69. The van der Waals surface area contributed by atoms with Crippen LogP contribution in [-0.2, 0) is 0 Å². The third-order valence-electron chi connectivity index (χ3n) is 8.56. The molecule has 0 atom stereocenters. The van der Waals surface area contributed by atoms with E-state index >= 15 is 0 Å². The van der Waals surface area contributed by atoms with Crippen LogP contribution in [0.1, 0.15) is 16.7 Å². The summed E-state index contributed by atoms with van der Waals surface area (Å²) in [6.07, 6.45) is 0. The van der Waals surface area contributed by atoms with Crippen LogP contribution in [0.3, 0.4) is 0 Å². The van der Waals surface area contributed by atoms with Gasteiger partial charge in [0.05, 0.1) is 46.9 Å². The van der Waals surface area contributed by atoms with E-state index in [0.29, 0.717) is 33.5 Å². The van der Waals surface area contributed by atoms with E-state index in [9.17, 15) is 15.8 Å². The number of fused-ring (bicyclic) bond motifs is 6. The molecule has 6 aromatic carbocycles. The van der Waals surface area contributed by atoms with Crippen molar-refractivity contribution in [3.63, 3.8) is 0 Å². The first-order chi connectivity index (χ1) is 22.7. The van der Waals surface area contributed by atoms with E-state index in [2.05, 4.69) is 70.1 Å². The van der Waals surface area contributed by atoms with E-state index in [4.69, 9.17) is 6.57 Å². The Hall–Kier alpha value is -6.70. The predicted octanol–water partition coefficient (Wildman–Crippen LogP) is 10.7. The van der Waals surface area contributed by atoms with E-state index in [1.54, 1.807) is 47.7 Å². The summed E-state index contributed by atoms with van der Waals surface area (Å²) >= 11 is 1.75. The van der Waals surface area contributed by atoms with E-state index in [-0.39, 0.29) is 0 Å². The number of thiophene rings is 1. The Morgan fingerprint density at radius 3 is 1.98 bits per heavy atom. The monoisotopic (exact) mass is 601 g/mol. The van der Waals surface area contributed by atoms with Crippen LogP contribution in [0.2, 0.25) is 0 Å². The van der Waals surface area contributed by atoms with Crippen molar-refractivity contribution in [2.75, 3.05) is 0 Å². The van der Waals surface area contributed by atoms with Crippen molar-refractivity contribution < 1.29 is 0 Å². The lowest BCUT2D eigenvalue weighted by Crippen LogP contribution is -1.97. The summed E-state index contributed by atoms with van der Waals surface area (Å²) in [5.74, 6) is 0. The minimum atomic E-state index is 0.399. The number of nitriles is 3. The van der Waals surface area contributed by atoms with Crippen molar-refractivity contribution in [3.8, 4) is 46.1 Å². The topological polar surface area (TPSA) is 80.7 Å². The molecule has 0 bridgehead atoms. The first-order valence-electron chi connectivity index (χ1n) is 14.5. The van der Waals surface area contributed by atoms with Crippen molar-refractivity contribution in [1.82, 2.24) is 4.57 Å². The van der Waals surface area contributed by atoms with E-state index in [1.807, 2.05) is 36.4 Å². The normalized spacial score (nSPS) is 11.0. The number of hydrogen-bond acceptors (Lipinski definition) is 4. The van der Waals surface area contributed by atoms with Crippen LogP contribution < -0.4 is 0 Å². The zero-order chi connectivity index (χ0) is 31.4. The third kappa shape index (κ3) is 3.83. The molecule has 0 saturated heterocycles. The van der Waals surface area contributed by atoms with Crippen molar-refractivity contribution in [2.24, 2.45) is 0 Å². The molecule has 0 unspecified atom stereocenters. The predicted molar refractivity (Wildman–Crippen MR) is 185 cm³/mol. The molecule has 0 fully saturated rings. The Morgan fingerprint density at radius 2 is 1.22 bits per heavy atom. The molecule has 2 heterocycles. The second-order valence-electron chi connectivity index (χ2n) is 10.9. The van der Waals surface area contributed by atoms with E-state index < -0.39 is 0 Å². The Labute approximate surface area is 268 Å². The van der Waals surface area contributed by atoms with Gasteiger partial charge < -0.3 is 4.57 Å². The van der Waals surface area contributed by atoms with E-state index in [1.165, 1.54) is 14.8 Å². The van der Waals surface area contributed by atoms with Gasteiger partial charge in [0.15, 0.2) is 5.69 Å². The van der Waals surface area contributed by atoms with Crippen LogP contribution in [-0.4, -0.2) is 4.57 Å². The van der Waals surface area contributed by atoms with Crippen molar-refractivity contribution in [1.29, 1.82) is 15.8 Å². The van der Waals surface area contributed by atoms with Crippen molar-refractivity contribution in [3.05, 3.63) is 143 Å². The molecule has 0 spiro atoms. The Morgan fingerprint density at radius 1 is 0.587 bits per heavy atom. The molecule has 46 heavy (non-hydrogen) atoms. The summed E-state index contributed by atoms with van der Waals surface area (Å²) in [7, 11) is 0. The highest BCUT2D eigenvalue weighted by molar-refractivity contribution is 7.25. The number of aromatic nitrogens is 1. The number of hydrogen-bond donors (Lipinski definition) is 0. The van der Waals surface area contributed by atoms with Gasteiger partial charge in [0.1, 0.15) is 0 Å². The largest absolute Gasteiger partial charge is 0.309 e. The van der Waals surface area contributed by atoms with Crippen LogP contribution >= 0.6 is 11.3 Å². The maximum absolute atomic E-state index is 10.2. The molecule has 0 N–H and O–H groups in total. The van der Waals surface area contributed by atoms with Gasteiger partial charge in [-0.1, -0.05) is 66.7 Å². The molecule has 0 amide bonds. The average Bonchev–Trinajstić information content (AvgIpc) is 3.66. The van der Waals surface area contributed by atoms with Gasteiger partial charge in [-0.2, -0.15) is 15.8 Å². The summed E-state index contributed by atoms with van der Waals surface area (Å²) in [5.41, 5.74) is 6.97. The average molecular weight is 602 g/mol. The number of rotatable bonds is 3. The van der Waals surface area contributed by atoms with Crippen LogP contribution in [0.4, 0.5) is 5.69 Å². The highest BCUT2D eigenvalue weighted by Gasteiger charge is 2.24. The molecular weight excluding hydrogens is 583 g/mol. The summed E-state index contributed by atoms with van der Waals surface area (Å²) in [4.78, 5) is 3.80. The van der Waals surface area contributed by atoms with Gasteiger partial charge in [0, 0.05) is 58.9 Å². The molecule has 0 aliphatic carbocycles. The van der Waals surface area contributed by atoms with Crippen molar-refractivity contribution in [2.45, 2.75) is 0 Å². The van der Waals surface area contributed by atoms with Gasteiger partial charge >= 0.3 is 0 Å². The molecule has 8 aromatic rings. The molecule has 6 heteroatoms. The Balaban J connectivity index is 1.59. The van der Waals surface area contributed by atoms with Crippen LogP contribution in [0.25, 0.3) is 74.8 Å². The van der Waals surface area contributed by atoms with Gasteiger partial charge in [-0.05, 0) is 54.1 Å². The van der Waals surface area contributed by atoms with Gasteiger partial charge in [-0.15, -0.1) is 11.3 Å². The number of para-hydroxylation sites is 1. The Kier molecular flexibility index (Phi) is 6.13. The second kappa shape index (κ2) is 10.5. The molecule has 0 radical (unpaired) electrons. The van der Waals surface area contributed by atoms with Crippen molar-refractivity contribution >= 4 is 59.0 Å². The van der Waals surface area contributed by atoms with Crippen LogP contribution in [0.5, 0.6) is 0 Å². The minimum Gasteiger partial charge on any atom is -0.309 e. The minimum absolute atomic E-state index is 0.399. The first kappa shape index (κ1) is 26.9. The van der Waals surface area contributed by atoms with Crippen LogP contribution in [0, 0.1) is 40.6 Å². The number of benzene rings is 6. The first-order valence-corrected chi connectivity index (χ1v) is 15.3. The second-order valence-corrected chi connectivity index (χ2v) is 12.0. The molecular formula is C40H19N5S. The van der Waals surface area contributed by atoms with Gasteiger partial charge in [0.2, 0.25) is 0 Å². The van der Waals surface area contributed by atoms with E-state index in [0.717, 1.165) is 44.0 Å². The lowest BCUT2D eigenvalue weighted by atomic mass is 9.91. The fourth-order valence-corrected chi connectivity index (χ4v) is 7.77. The van der Waals surface area contributed by atoms with Gasteiger partial charge in [-0.3, -0.25) is 0 Å². The molecule has 210 valence electrons.